The first-order valence-electron chi connectivity index (χ1n) is 10.9. The van der Waals surface area contributed by atoms with Gasteiger partial charge >= 0.3 is 5.97 Å². The molecule has 1 heterocycles. The smallest absolute Gasteiger partial charge is 0.343 e. The number of allylic oxidation sites excluding steroid dienone is 2. The van der Waals surface area contributed by atoms with Crippen molar-refractivity contribution in [3.8, 4) is 5.75 Å². The van der Waals surface area contributed by atoms with Gasteiger partial charge in [0.1, 0.15) is 5.75 Å². The van der Waals surface area contributed by atoms with Crippen LogP contribution in [0.25, 0.3) is 0 Å². The van der Waals surface area contributed by atoms with Crippen LogP contribution in [-0.2, 0) is 9.59 Å². The van der Waals surface area contributed by atoms with E-state index >= 15 is 0 Å². The number of hydrogen-bond donors (Lipinski definition) is 0. The minimum absolute atomic E-state index is 0.125. The van der Waals surface area contributed by atoms with Gasteiger partial charge in [0.15, 0.2) is 0 Å². The molecule has 0 unspecified atom stereocenters. The van der Waals surface area contributed by atoms with Crippen molar-refractivity contribution in [2.24, 2.45) is 35.5 Å². The van der Waals surface area contributed by atoms with Gasteiger partial charge in [0.05, 0.1) is 23.1 Å². The average molecular weight is 413 g/mol. The molecule has 2 amide bonds. The molecular weight excluding hydrogens is 390 g/mol. The van der Waals surface area contributed by atoms with Gasteiger partial charge in [0.25, 0.3) is 0 Å². The van der Waals surface area contributed by atoms with E-state index in [2.05, 4.69) is 12.2 Å². The van der Waals surface area contributed by atoms with Crippen molar-refractivity contribution < 1.29 is 19.1 Å². The predicted octanol–water partition coefficient (Wildman–Crippen LogP) is 4.08. The Morgan fingerprint density at radius 1 is 0.903 bits per heavy atom. The number of imide groups is 1. The summed E-state index contributed by atoms with van der Waals surface area (Å²) in [5.74, 6) is 0.700. The maximum Gasteiger partial charge on any atom is 0.343 e. The Balaban J connectivity index is 1.28. The van der Waals surface area contributed by atoms with Gasteiger partial charge in [-0.15, -0.1) is 0 Å². The lowest BCUT2D eigenvalue weighted by Gasteiger charge is -2.37. The van der Waals surface area contributed by atoms with E-state index in [-0.39, 0.29) is 35.5 Å². The lowest BCUT2D eigenvalue weighted by molar-refractivity contribution is -0.124. The Kier molecular flexibility index (Phi) is 3.83. The van der Waals surface area contributed by atoms with E-state index in [4.69, 9.17) is 4.74 Å². The van der Waals surface area contributed by atoms with Crippen molar-refractivity contribution in [2.75, 3.05) is 4.90 Å². The summed E-state index contributed by atoms with van der Waals surface area (Å²) in [6, 6.07) is 12.3. The van der Waals surface area contributed by atoms with E-state index in [0.29, 0.717) is 28.8 Å². The minimum atomic E-state index is -0.508. The maximum atomic E-state index is 13.3. The third-order valence-corrected chi connectivity index (χ3v) is 7.41. The normalized spacial score (nSPS) is 32.1. The van der Waals surface area contributed by atoms with Crippen LogP contribution in [0.3, 0.4) is 0 Å². The highest BCUT2D eigenvalue weighted by atomic mass is 16.5. The van der Waals surface area contributed by atoms with E-state index < -0.39 is 5.97 Å². The number of carbonyl (C=O) groups is 3. The van der Waals surface area contributed by atoms with Crippen LogP contribution in [0.5, 0.6) is 5.75 Å². The lowest BCUT2D eigenvalue weighted by Crippen LogP contribution is -2.40. The summed E-state index contributed by atoms with van der Waals surface area (Å²) >= 11 is 0. The van der Waals surface area contributed by atoms with Gasteiger partial charge in [-0.25, -0.2) is 9.69 Å². The first-order chi connectivity index (χ1) is 14.9. The zero-order valence-electron chi connectivity index (χ0n) is 17.4. The van der Waals surface area contributed by atoms with Crippen LogP contribution in [0.2, 0.25) is 0 Å². The molecule has 0 aromatic heterocycles. The highest BCUT2D eigenvalue weighted by Crippen LogP contribution is 2.65. The van der Waals surface area contributed by atoms with Crippen LogP contribution in [-0.4, -0.2) is 17.8 Å². The van der Waals surface area contributed by atoms with Crippen LogP contribution in [0.1, 0.15) is 27.9 Å². The van der Waals surface area contributed by atoms with Gasteiger partial charge in [-0.05, 0) is 85.4 Å². The fourth-order valence-corrected chi connectivity index (χ4v) is 6.14. The van der Waals surface area contributed by atoms with Crippen molar-refractivity contribution in [3.63, 3.8) is 0 Å². The SMILES string of the molecule is Cc1cc(C)cc(OC(=O)c2cccc(N3C(=O)[C@H]4[C@@H]5C=C[C@H]([C@H]6C[C@H]56)[C@@H]4C3=O)c2)c1. The largest absolute Gasteiger partial charge is 0.423 e. The predicted molar refractivity (Wildman–Crippen MR) is 115 cm³/mol. The Labute approximate surface area is 180 Å². The van der Waals surface area contributed by atoms with E-state index in [1.807, 2.05) is 19.9 Å². The molecule has 3 fully saturated rings. The number of carbonyl (C=O) groups excluding carboxylic acids is 3. The summed E-state index contributed by atoms with van der Waals surface area (Å²) in [5.41, 5.74) is 2.78. The standard InChI is InChI=1S/C26H23NO4/c1-13-8-14(2)10-17(9-13)31-26(30)15-4-3-5-16(11-15)27-24(28)22-18-6-7-19(21-12-20(18)21)23(22)25(27)29/h3-11,18-23H,12H2,1-2H3/t18-,19-,20-,21-,22+,23+/m1/s1. The van der Waals surface area contributed by atoms with Gasteiger partial charge < -0.3 is 4.74 Å². The minimum Gasteiger partial charge on any atom is -0.423 e. The molecule has 1 aliphatic heterocycles. The molecule has 5 heteroatoms. The fraction of sp³-hybridized carbons (Fsp3) is 0.346. The summed E-state index contributed by atoms with van der Waals surface area (Å²) in [6.45, 7) is 3.89. The molecule has 2 saturated carbocycles. The highest BCUT2D eigenvalue weighted by molar-refractivity contribution is 6.23. The molecule has 2 aromatic rings. The van der Waals surface area contributed by atoms with Crippen molar-refractivity contribution >= 4 is 23.5 Å². The van der Waals surface area contributed by atoms with Crippen LogP contribution in [0.15, 0.2) is 54.6 Å². The maximum absolute atomic E-state index is 13.3. The molecule has 1 saturated heterocycles. The molecule has 7 rings (SSSR count). The Hall–Kier alpha value is -3.21. The van der Waals surface area contributed by atoms with Crippen molar-refractivity contribution in [2.45, 2.75) is 20.3 Å². The molecule has 2 bridgehead atoms. The van der Waals surface area contributed by atoms with Gasteiger partial charge in [-0.2, -0.15) is 0 Å². The number of ether oxygens (including phenoxy) is 1. The zero-order valence-corrected chi connectivity index (χ0v) is 17.4. The second-order valence-electron chi connectivity index (χ2n) is 9.43. The Morgan fingerprint density at radius 2 is 1.52 bits per heavy atom. The molecule has 0 spiro atoms. The number of esters is 1. The van der Waals surface area contributed by atoms with Crippen molar-refractivity contribution in [3.05, 3.63) is 71.3 Å². The van der Waals surface area contributed by atoms with Crippen molar-refractivity contribution in [1.29, 1.82) is 0 Å². The van der Waals surface area contributed by atoms with Gasteiger partial charge in [0, 0.05) is 0 Å². The third kappa shape index (κ3) is 2.72. The number of rotatable bonds is 3. The van der Waals surface area contributed by atoms with Crippen molar-refractivity contribution in [1.82, 2.24) is 0 Å². The van der Waals surface area contributed by atoms with Crippen LogP contribution < -0.4 is 9.64 Å². The molecule has 6 atom stereocenters. The molecule has 5 nitrogen and oxygen atoms in total. The molecule has 31 heavy (non-hydrogen) atoms. The van der Waals surface area contributed by atoms with Gasteiger partial charge in [-0.1, -0.05) is 24.3 Å². The number of nitrogens with zero attached hydrogens (tertiary/aromatic N) is 1. The third-order valence-electron chi connectivity index (χ3n) is 7.41. The lowest BCUT2D eigenvalue weighted by atomic mass is 9.63. The summed E-state index contributed by atoms with van der Waals surface area (Å²) in [6.07, 6.45) is 5.45. The first-order valence-corrected chi connectivity index (χ1v) is 10.9. The molecule has 4 aliphatic carbocycles. The van der Waals surface area contributed by atoms with E-state index in [1.165, 1.54) is 4.90 Å². The highest BCUT2D eigenvalue weighted by Gasteiger charge is 2.67. The molecule has 0 N–H and O–H groups in total. The van der Waals surface area contributed by atoms with Crippen LogP contribution in [0, 0.1) is 49.4 Å². The van der Waals surface area contributed by atoms with E-state index in [0.717, 1.165) is 17.5 Å². The fourth-order valence-electron chi connectivity index (χ4n) is 6.14. The van der Waals surface area contributed by atoms with E-state index in [1.54, 1.807) is 36.4 Å². The topological polar surface area (TPSA) is 63.7 Å². The first kappa shape index (κ1) is 18.6. The quantitative estimate of drug-likeness (QED) is 0.329. The molecule has 156 valence electrons. The molecule has 0 radical (unpaired) electrons. The average Bonchev–Trinajstić information content (AvgIpc) is 3.51. The Bertz CT molecular complexity index is 1130. The monoisotopic (exact) mass is 413 g/mol. The number of amides is 2. The van der Waals surface area contributed by atoms with Crippen LogP contribution >= 0.6 is 0 Å². The summed E-state index contributed by atoms with van der Waals surface area (Å²) in [5, 5.41) is 0. The van der Waals surface area contributed by atoms with E-state index in [9.17, 15) is 14.4 Å². The van der Waals surface area contributed by atoms with Gasteiger partial charge in [0.2, 0.25) is 11.8 Å². The molecule has 2 aromatic carbocycles. The Morgan fingerprint density at radius 3 is 2.13 bits per heavy atom. The van der Waals surface area contributed by atoms with Crippen LogP contribution in [0.4, 0.5) is 5.69 Å². The number of benzene rings is 2. The number of aryl methyl sites for hydroxylation is 2. The van der Waals surface area contributed by atoms with Gasteiger partial charge in [-0.3, -0.25) is 9.59 Å². The second-order valence-corrected chi connectivity index (χ2v) is 9.43. The molecular formula is C26H23NO4. The summed E-state index contributed by atoms with van der Waals surface area (Å²) < 4.78 is 5.55. The number of anilines is 1. The second kappa shape index (κ2) is 6.39. The zero-order chi connectivity index (χ0) is 21.4. The molecule has 5 aliphatic rings. The number of hydrogen-bond acceptors (Lipinski definition) is 4. The summed E-state index contributed by atoms with van der Waals surface area (Å²) in [4.78, 5) is 40.7. The summed E-state index contributed by atoms with van der Waals surface area (Å²) in [7, 11) is 0.